The third-order valence-electron chi connectivity index (χ3n) is 4.70. The Hall–Kier alpha value is -3.36. The number of aromatic amines is 1. The number of imidazole rings is 1. The van der Waals surface area contributed by atoms with Crippen LogP contribution in [-0.2, 0) is 0 Å². The van der Waals surface area contributed by atoms with E-state index in [-0.39, 0.29) is 5.91 Å². The number of methoxy groups -OCH3 is 2. The summed E-state index contributed by atoms with van der Waals surface area (Å²) >= 11 is 0. The minimum absolute atomic E-state index is 0.0232. The summed E-state index contributed by atoms with van der Waals surface area (Å²) in [7, 11) is 3.13. The van der Waals surface area contributed by atoms with Crippen LogP contribution in [0.1, 0.15) is 10.4 Å². The standard InChI is InChI=1S/C18H20N6O3/c1-26-13-4-3-12(9-14(13)27-2)18(25)24-7-5-23(6-8-24)17-15-16(20-10-19-15)21-11-22-17/h3-4,9-11H,5-8H2,1-2H3,(H,19,20,21,22). The van der Waals surface area contributed by atoms with Gasteiger partial charge < -0.3 is 24.3 Å². The van der Waals surface area contributed by atoms with Crippen LogP contribution in [0, 0.1) is 0 Å². The van der Waals surface area contributed by atoms with Crippen LogP contribution in [-0.4, -0.2) is 71.1 Å². The van der Waals surface area contributed by atoms with Gasteiger partial charge in [-0.1, -0.05) is 0 Å². The number of nitrogens with zero attached hydrogens (tertiary/aromatic N) is 5. The first kappa shape index (κ1) is 17.1. The summed E-state index contributed by atoms with van der Waals surface area (Å²) in [6.07, 6.45) is 3.12. The van der Waals surface area contributed by atoms with E-state index in [9.17, 15) is 4.79 Å². The average Bonchev–Trinajstić information content (AvgIpc) is 3.22. The zero-order valence-corrected chi connectivity index (χ0v) is 15.2. The van der Waals surface area contributed by atoms with E-state index in [1.807, 2.05) is 4.90 Å². The first-order valence-corrected chi connectivity index (χ1v) is 8.61. The van der Waals surface area contributed by atoms with Crippen LogP contribution < -0.4 is 14.4 Å². The lowest BCUT2D eigenvalue weighted by atomic mass is 10.1. The lowest BCUT2D eigenvalue weighted by Gasteiger charge is -2.35. The van der Waals surface area contributed by atoms with Gasteiger partial charge in [0.1, 0.15) is 11.8 Å². The number of amides is 1. The Morgan fingerprint density at radius 3 is 2.56 bits per heavy atom. The molecular formula is C18H20N6O3. The van der Waals surface area contributed by atoms with Gasteiger partial charge in [0.2, 0.25) is 0 Å². The molecule has 1 amide bonds. The fraction of sp³-hybridized carbons (Fsp3) is 0.333. The topological polar surface area (TPSA) is 96.5 Å². The molecule has 1 aliphatic rings. The van der Waals surface area contributed by atoms with E-state index in [0.717, 1.165) is 11.3 Å². The Kier molecular flexibility index (Phi) is 4.49. The molecule has 1 aliphatic heterocycles. The van der Waals surface area contributed by atoms with Crippen LogP contribution in [0.15, 0.2) is 30.9 Å². The van der Waals surface area contributed by atoms with Gasteiger partial charge in [-0.3, -0.25) is 4.79 Å². The van der Waals surface area contributed by atoms with E-state index in [1.54, 1.807) is 38.7 Å². The quantitative estimate of drug-likeness (QED) is 0.742. The van der Waals surface area contributed by atoms with Crippen molar-refractivity contribution in [2.75, 3.05) is 45.3 Å². The smallest absolute Gasteiger partial charge is 0.254 e. The molecule has 0 spiro atoms. The highest BCUT2D eigenvalue weighted by atomic mass is 16.5. The number of piperazine rings is 1. The van der Waals surface area contributed by atoms with Gasteiger partial charge in [-0.2, -0.15) is 0 Å². The van der Waals surface area contributed by atoms with Gasteiger partial charge in [0.25, 0.3) is 5.91 Å². The summed E-state index contributed by atoms with van der Waals surface area (Å²) in [5.74, 6) is 1.94. The summed E-state index contributed by atoms with van der Waals surface area (Å²) in [5, 5.41) is 0. The average molecular weight is 368 g/mol. The summed E-state index contributed by atoms with van der Waals surface area (Å²) in [5.41, 5.74) is 2.04. The molecule has 9 nitrogen and oxygen atoms in total. The number of fused-ring (bicyclic) bond motifs is 1. The van der Waals surface area contributed by atoms with Crippen LogP contribution in [0.4, 0.5) is 5.82 Å². The number of aromatic nitrogens is 4. The van der Waals surface area contributed by atoms with E-state index < -0.39 is 0 Å². The van der Waals surface area contributed by atoms with E-state index in [2.05, 4.69) is 24.8 Å². The van der Waals surface area contributed by atoms with Gasteiger partial charge in [0.15, 0.2) is 23.0 Å². The number of anilines is 1. The molecular weight excluding hydrogens is 348 g/mol. The molecule has 0 radical (unpaired) electrons. The van der Waals surface area contributed by atoms with E-state index in [0.29, 0.717) is 48.9 Å². The number of rotatable bonds is 4. The normalized spacial score (nSPS) is 14.4. The molecule has 140 valence electrons. The van der Waals surface area contributed by atoms with E-state index in [1.165, 1.54) is 6.33 Å². The second-order valence-corrected chi connectivity index (χ2v) is 6.15. The van der Waals surface area contributed by atoms with Crippen molar-refractivity contribution in [2.45, 2.75) is 0 Å². The molecule has 0 saturated carbocycles. The maximum atomic E-state index is 12.9. The van der Waals surface area contributed by atoms with Crippen molar-refractivity contribution < 1.29 is 14.3 Å². The molecule has 1 N–H and O–H groups in total. The predicted octanol–water partition coefficient (Wildman–Crippen LogP) is 1.33. The maximum Gasteiger partial charge on any atom is 0.254 e. The number of hydrogen-bond donors (Lipinski definition) is 1. The summed E-state index contributed by atoms with van der Waals surface area (Å²) in [6, 6.07) is 5.22. The fourth-order valence-electron chi connectivity index (χ4n) is 3.27. The van der Waals surface area contributed by atoms with Gasteiger partial charge >= 0.3 is 0 Å². The van der Waals surface area contributed by atoms with Crippen LogP contribution in [0.3, 0.4) is 0 Å². The highest BCUT2D eigenvalue weighted by molar-refractivity contribution is 5.95. The number of nitrogens with one attached hydrogen (secondary N) is 1. The maximum absolute atomic E-state index is 12.9. The Labute approximate surface area is 155 Å². The monoisotopic (exact) mass is 368 g/mol. The van der Waals surface area contributed by atoms with Crippen LogP contribution in [0.2, 0.25) is 0 Å². The Morgan fingerprint density at radius 1 is 1.04 bits per heavy atom. The largest absolute Gasteiger partial charge is 0.493 e. The number of H-pyrrole nitrogens is 1. The molecule has 9 heteroatoms. The number of hydrogen-bond acceptors (Lipinski definition) is 7. The molecule has 0 aliphatic carbocycles. The first-order chi connectivity index (χ1) is 13.2. The highest BCUT2D eigenvalue weighted by Gasteiger charge is 2.25. The Bertz CT molecular complexity index is 965. The second-order valence-electron chi connectivity index (χ2n) is 6.15. The zero-order chi connectivity index (χ0) is 18.8. The molecule has 0 unspecified atom stereocenters. The van der Waals surface area contributed by atoms with Crippen LogP contribution in [0.25, 0.3) is 11.2 Å². The van der Waals surface area contributed by atoms with Crippen molar-refractivity contribution in [3.8, 4) is 11.5 Å². The minimum Gasteiger partial charge on any atom is -0.493 e. The molecule has 3 aromatic rings. The Balaban J connectivity index is 1.47. The number of carbonyl (C=O) groups excluding carboxylic acids is 1. The van der Waals surface area contributed by atoms with Crippen LogP contribution in [0.5, 0.6) is 11.5 Å². The molecule has 2 aromatic heterocycles. The van der Waals surface area contributed by atoms with Gasteiger partial charge in [-0.25, -0.2) is 15.0 Å². The van der Waals surface area contributed by atoms with Crippen molar-refractivity contribution in [3.63, 3.8) is 0 Å². The first-order valence-electron chi connectivity index (χ1n) is 8.61. The number of ether oxygens (including phenoxy) is 2. The lowest BCUT2D eigenvalue weighted by Crippen LogP contribution is -2.49. The molecule has 3 heterocycles. The van der Waals surface area contributed by atoms with Gasteiger partial charge in [-0.15, -0.1) is 0 Å². The number of carbonyl (C=O) groups is 1. The summed E-state index contributed by atoms with van der Waals surface area (Å²) in [4.78, 5) is 32.6. The third-order valence-corrected chi connectivity index (χ3v) is 4.70. The molecule has 1 aromatic carbocycles. The zero-order valence-electron chi connectivity index (χ0n) is 15.2. The second kappa shape index (κ2) is 7.10. The molecule has 4 rings (SSSR count). The van der Waals surface area contributed by atoms with Crippen molar-refractivity contribution in [1.82, 2.24) is 24.8 Å². The molecule has 27 heavy (non-hydrogen) atoms. The molecule has 0 bridgehead atoms. The molecule has 1 fully saturated rings. The van der Waals surface area contributed by atoms with Crippen molar-refractivity contribution in [2.24, 2.45) is 0 Å². The number of benzene rings is 1. The van der Waals surface area contributed by atoms with Crippen molar-refractivity contribution >= 4 is 22.9 Å². The minimum atomic E-state index is -0.0232. The predicted molar refractivity (Wildman–Crippen MR) is 99.3 cm³/mol. The van der Waals surface area contributed by atoms with E-state index >= 15 is 0 Å². The van der Waals surface area contributed by atoms with Gasteiger partial charge in [0.05, 0.1) is 20.5 Å². The molecule has 1 saturated heterocycles. The highest BCUT2D eigenvalue weighted by Crippen LogP contribution is 2.28. The SMILES string of the molecule is COc1ccc(C(=O)N2CCN(c3ncnc4nc[nH]c34)CC2)cc1OC. The third kappa shape index (κ3) is 3.12. The van der Waals surface area contributed by atoms with Crippen molar-refractivity contribution in [1.29, 1.82) is 0 Å². The fourth-order valence-corrected chi connectivity index (χ4v) is 3.27. The van der Waals surface area contributed by atoms with Gasteiger partial charge in [0, 0.05) is 31.7 Å². The van der Waals surface area contributed by atoms with Crippen molar-refractivity contribution in [3.05, 3.63) is 36.4 Å². The Morgan fingerprint density at radius 2 is 1.81 bits per heavy atom. The molecule has 0 atom stereocenters. The summed E-state index contributed by atoms with van der Waals surface area (Å²) < 4.78 is 10.5. The van der Waals surface area contributed by atoms with Gasteiger partial charge in [-0.05, 0) is 18.2 Å². The van der Waals surface area contributed by atoms with Crippen LogP contribution >= 0.6 is 0 Å². The lowest BCUT2D eigenvalue weighted by molar-refractivity contribution is 0.0746. The summed E-state index contributed by atoms with van der Waals surface area (Å²) in [6.45, 7) is 2.58. The van der Waals surface area contributed by atoms with E-state index in [4.69, 9.17) is 9.47 Å².